The third-order valence-corrected chi connectivity index (χ3v) is 11.0. The molecule has 5 rings (SSSR count). The summed E-state index contributed by atoms with van der Waals surface area (Å²) in [7, 11) is -4.07. The van der Waals surface area contributed by atoms with E-state index in [0.29, 0.717) is 23.4 Å². The number of nitrogens with zero attached hydrogens (tertiary/aromatic N) is 5. The van der Waals surface area contributed by atoms with Crippen LogP contribution in [-0.4, -0.2) is 71.5 Å². The van der Waals surface area contributed by atoms with Crippen molar-refractivity contribution in [3.05, 3.63) is 83.2 Å². The van der Waals surface area contributed by atoms with Crippen molar-refractivity contribution < 1.29 is 23.1 Å². The van der Waals surface area contributed by atoms with E-state index in [-0.39, 0.29) is 22.9 Å². The van der Waals surface area contributed by atoms with Gasteiger partial charge in [0.1, 0.15) is 17.0 Å². The van der Waals surface area contributed by atoms with Crippen molar-refractivity contribution >= 4 is 44.8 Å². The van der Waals surface area contributed by atoms with E-state index < -0.39 is 38.7 Å². The molecule has 4 heterocycles. The second-order valence-corrected chi connectivity index (χ2v) is 14.6. The summed E-state index contributed by atoms with van der Waals surface area (Å²) in [5, 5.41) is 12.6. The number of carbonyl (C=O) groups is 2. The summed E-state index contributed by atoms with van der Waals surface area (Å²) in [5.41, 5.74) is 2.24. The second kappa shape index (κ2) is 12.5. The number of rotatable bonds is 11. The van der Waals surface area contributed by atoms with Crippen LogP contribution in [0.25, 0.3) is 16.9 Å². The Bertz CT molecular complexity index is 1840. The highest BCUT2D eigenvalue weighted by atomic mass is 32.2. The fourth-order valence-electron chi connectivity index (χ4n) is 5.34. The van der Waals surface area contributed by atoms with Gasteiger partial charge in [-0.2, -0.15) is 4.31 Å². The summed E-state index contributed by atoms with van der Waals surface area (Å²) in [6.45, 7) is 6.14. The van der Waals surface area contributed by atoms with E-state index in [9.17, 15) is 27.9 Å². The first kappa shape index (κ1) is 31.4. The van der Waals surface area contributed by atoms with Crippen LogP contribution in [0.5, 0.6) is 0 Å². The molecule has 44 heavy (non-hydrogen) atoms. The maximum Gasteiger partial charge on any atom is 0.334 e. The number of unbranched alkanes of at least 4 members (excludes halogenated alkanes) is 1. The normalized spacial score (nSPS) is 17.5. The molecule has 4 aromatic rings. The standard InChI is InChI=1S/C30H34N6O6S2/c1-4-5-16-34-24-9-7-15-32-26(24)36(29(34)40)21-12-10-20(11-13-21)17-23(28(38)39)33-27(37)25-30(2,3)43-19-35(25)44(41,42)22-8-6-14-31-18-22/h6-15,18,23,25H,4-5,16-17,19H2,1-3H3,(H,33,37)(H,38,39)/t23-,25+/m0/s1. The Morgan fingerprint density at radius 3 is 2.52 bits per heavy atom. The van der Waals surface area contributed by atoms with Gasteiger partial charge in [-0.25, -0.2) is 27.6 Å². The van der Waals surface area contributed by atoms with Crippen molar-refractivity contribution in [2.45, 2.75) is 68.3 Å². The topological polar surface area (TPSA) is 156 Å². The quantitative estimate of drug-likeness (QED) is 0.252. The van der Waals surface area contributed by atoms with Crippen LogP contribution in [0.4, 0.5) is 0 Å². The van der Waals surface area contributed by atoms with E-state index >= 15 is 0 Å². The van der Waals surface area contributed by atoms with Gasteiger partial charge < -0.3 is 10.4 Å². The number of carboxylic acids is 1. The Morgan fingerprint density at radius 1 is 1.14 bits per heavy atom. The number of aromatic nitrogens is 4. The number of pyridine rings is 2. The average molecular weight is 639 g/mol. The summed E-state index contributed by atoms with van der Waals surface area (Å²) in [5.74, 6) is -1.93. The molecule has 1 aliphatic rings. The number of aryl methyl sites for hydroxylation is 1. The highest BCUT2D eigenvalue weighted by Crippen LogP contribution is 2.42. The molecular formula is C30H34N6O6S2. The van der Waals surface area contributed by atoms with Gasteiger partial charge in [-0.3, -0.25) is 14.3 Å². The molecule has 0 spiro atoms. The number of benzene rings is 1. The lowest BCUT2D eigenvalue weighted by Gasteiger charge is -2.30. The first-order valence-corrected chi connectivity index (χ1v) is 16.6. The number of carbonyl (C=O) groups excluding carboxylic acids is 1. The van der Waals surface area contributed by atoms with Gasteiger partial charge in [0.25, 0.3) is 0 Å². The van der Waals surface area contributed by atoms with Crippen LogP contribution in [0.1, 0.15) is 39.2 Å². The van der Waals surface area contributed by atoms with Gasteiger partial charge in [0.05, 0.1) is 17.1 Å². The van der Waals surface area contributed by atoms with Crippen molar-refractivity contribution in [1.29, 1.82) is 0 Å². The number of thioether (sulfide) groups is 1. The minimum atomic E-state index is -4.07. The highest BCUT2D eigenvalue weighted by Gasteiger charge is 2.51. The first-order valence-electron chi connectivity index (χ1n) is 14.2. The van der Waals surface area contributed by atoms with Gasteiger partial charge >= 0.3 is 11.7 Å². The van der Waals surface area contributed by atoms with Crippen LogP contribution in [-0.2, 0) is 32.6 Å². The molecule has 2 N–H and O–H groups in total. The number of nitrogens with one attached hydrogen (secondary N) is 1. The lowest BCUT2D eigenvalue weighted by atomic mass is 10.0. The molecule has 0 bridgehead atoms. The molecule has 14 heteroatoms. The molecule has 0 radical (unpaired) electrons. The minimum absolute atomic E-state index is 0.0323. The molecule has 1 fully saturated rings. The van der Waals surface area contributed by atoms with Crippen LogP contribution < -0.4 is 11.0 Å². The van der Waals surface area contributed by atoms with E-state index in [1.807, 2.05) is 6.07 Å². The summed E-state index contributed by atoms with van der Waals surface area (Å²) < 4.78 is 30.3. The Balaban J connectivity index is 1.37. The van der Waals surface area contributed by atoms with Crippen molar-refractivity contribution in [3.8, 4) is 5.69 Å². The monoisotopic (exact) mass is 638 g/mol. The van der Waals surface area contributed by atoms with E-state index in [2.05, 4.69) is 22.2 Å². The number of amides is 1. The fourth-order valence-corrected chi connectivity index (χ4v) is 8.47. The zero-order valence-corrected chi connectivity index (χ0v) is 26.2. The Morgan fingerprint density at radius 2 is 1.86 bits per heavy atom. The van der Waals surface area contributed by atoms with Gasteiger partial charge in [-0.1, -0.05) is 25.5 Å². The molecule has 1 saturated heterocycles. The third kappa shape index (κ3) is 6.01. The smallest absolute Gasteiger partial charge is 0.334 e. The fraction of sp³-hybridized carbons (Fsp3) is 0.367. The molecule has 0 aliphatic carbocycles. The van der Waals surface area contributed by atoms with E-state index in [0.717, 1.165) is 22.7 Å². The maximum absolute atomic E-state index is 13.6. The number of aliphatic carboxylic acids is 1. The van der Waals surface area contributed by atoms with E-state index in [4.69, 9.17) is 0 Å². The van der Waals surface area contributed by atoms with Crippen molar-refractivity contribution in [2.24, 2.45) is 0 Å². The number of imidazole rings is 1. The third-order valence-electron chi connectivity index (χ3n) is 7.67. The van der Waals surface area contributed by atoms with Crippen LogP contribution >= 0.6 is 11.8 Å². The molecule has 1 aliphatic heterocycles. The van der Waals surface area contributed by atoms with Crippen molar-refractivity contribution in [2.75, 3.05) is 5.88 Å². The SMILES string of the molecule is CCCCn1c(=O)n(-c2ccc(C[C@H](NC(=O)[C@H]3N(S(=O)(=O)c4cccnc4)CSC3(C)C)C(=O)O)cc2)c2ncccc21. The number of hydrogen-bond donors (Lipinski definition) is 2. The average Bonchev–Trinajstić information content (AvgIpc) is 3.48. The second-order valence-electron chi connectivity index (χ2n) is 11.1. The molecule has 232 valence electrons. The summed E-state index contributed by atoms with van der Waals surface area (Å²) in [4.78, 5) is 47.5. The number of carboxylic acid groups (broad SMARTS) is 1. The summed E-state index contributed by atoms with van der Waals surface area (Å²) in [6.07, 6.45) is 6.03. The summed E-state index contributed by atoms with van der Waals surface area (Å²) in [6, 6.07) is 10.9. The summed E-state index contributed by atoms with van der Waals surface area (Å²) >= 11 is 1.30. The molecule has 1 amide bonds. The molecule has 12 nitrogen and oxygen atoms in total. The number of sulfonamides is 1. The zero-order valence-electron chi connectivity index (χ0n) is 24.6. The minimum Gasteiger partial charge on any atom is -0.480 e. The Labute approximate surface area is 259 Å². The predicted molar refractivity (Wildman–Crippen MR) is 167 cm³/mol. The van der Waals surface area contributed by atoms with Crippen LogP contribution in [0, 0.1) is 0 Å². The van der Waals surface area contributed by atoms with Gasteiger partial charge in [0.15, 0.2) is 5.65 Å². The Kier molecular flexibility index (Phi) is 8.95. The Hall–Kier alpha value is -4.01. The molecule has 1 aromatic carbocycles. The molecule has 3 aromatic heterocycles. The number of fused-ring (bicyclic) bond motifs is 1. The van der Waals surface area contributed by atoms with Crippen molar-refractivity contribution in [3.63, 3.8) is 0 Å². The van der Waals surface area contributed by atoms with Crippen LogP contribution in [0.3, 0.4) is 0 Å². The van der Waals surface area contributed by atoms with Gasteiger partial charge in [0, 0.05) is 36.3 Å². The zero-order chi connectivity index (χ0) is 31.6. The predicted octanol–water partition coefficient (Wildman–Crippen LogP) is 3.04. The lowest BCUT2D eigenvalue weighted by Crippen LogP contribution is -2.56. The van der Waals surface area contributed by atoms with Gasteiger partial charge in [0.2, 0.25) is 15.9 Å². The van der Waals surface area contributed by atoms with E-state index in [1.54, 1.807) is 54.9 Å². The maximum atomic E-state index is 13.6. The van der Waals surface area contributed by atoms with Gasteiger partial charge in [-0.05, 0) is 62.2 Å². The number of hydrogen-bond acceptors (Lipinski definition) is 8. The first-order chi connectivity index (χ1) is 21.0. The molecule has 0 unspecified atom stereocenters. The molecule has 2 atom stereocenters. The van der Waals surface area contributed by atoms with Gasteiger partial charge in [-0.15, -0.1) is 11.8 Å². The van der Waals surface area contributed by atoms with Crippen LogP contribution in [0.15, 0.2) is 76.8 Å². The largest absolute Gasteiger partial charge is 0.480 e. The molecular weight excluding hydrogens is 605 g/mol. The lowest BCUT2D eigenvalue weighted by molar-refractivity contribution is -0.142. The van der Waals surface area contributed by atoms with Crippen LogP contribution in [0.2, 0.25) is 0 Å². The van der Waals surface area contributed by atoms with E-state index in [1.165, 1.54) is 40.9 Å². The molecule has 0 saturated carbocycles. The highest BCUT2D eigenvalue weighted by molar-refractivity contribution is 8.02. The van der Waals surface area contributed by atoms with Crippen molar-refractivity contribution in [1.82, 2.24) is 28.7 Å².